The Morgan fingerprint density at radius 2 is 1.86 bits per heavy atom. The first-order valence-corrected chi connectivity index (χ1v) is 6.75. The average molecular weight is 290 g/mol. The van der Waals surface area contributed by atoms with Crippen LogP contribution in [0.3, 0.4) is 0 Å². The van der Waals surface area contributed by atoms with Gasteiger partial charge in [0, 0.05) is 0 Å². The Hall–Kier alpha value is -2.17. The van der Waals surface area contributed by atoms with Crippen molar-refractivity contribution in [2.75, 3.05) is 7.11 Å². The van der Waals surface area contributed by atoms with Gasteiger partial charge in [-0.2, -0.15) is 0 Å². The molecule has 0 bridgehead atoms. The van der Waals surface area contributed by atoms with E-state index < -0.39 is 29.4 Å². The first-order valence-electron chi connectivity index (χ1n) is 6.75. The summed E-state index contributed by atoms with van der Waals surface area (Å²) in [6.45, 7) is 3.03. The highest BCUT2D eigenvalue weighted by Gasteiger charge is 2.51. The lowest BCUT2D eigenvalue weighted by atomic mass is 9.74. The molecule has 0 saturated carbocycles. The Labute approximate surface area is 123 Å². The number of esters is 2. The van der Waals surface area contributed by atoms with Gasteiger partial charge in [0.05, 0.1) is 19.4 Å². The van der Waals surface area contributed by atoms with Crippen molar-refractivity contribution in [3.8, 4) is 0 Å². The smallest absolute Gasteiger partial charge is 0.319 e. The minimum atomic E-state index is -1.25. The first-order chi connectivity index (χ1) is 9.87. The van der Waals surface area contributed by atoms with Gasteiger partial charge < -0.3 is 9.47 Å². The minimum Gasteiger partial charge on any atom is -0.469 e. The molecule has 1 fully saturated rings. The second kappa shape index (κ2) is 5.68. The molecule has 2 atom stereocenters. The summed E-state index contributed by atoms with van der Waals surface area (Å²) in [5, 5.41) is 0. The quantitative estimate of drug-likeness (QED) is 0.629. The molecule has 1 heterocycles. The van der Waals surface area contributed by atoms with Crippen LogP contribution in [0, 0.1) is 11.3 Å². The van der Waals surface area contributed by atoms with Crippen molar-refractivity contribution < 1.29 is 23.9 Å². The van der Waals surface area contributed by atoms with E-state index >= 15 is 0 Å². The second-order valence-electron chi connectivity index (χ2n) is 5.61. The molecule has 1 aliphatic heterocycles. The van der Waals surface area contributed by atoms with Gasteiger partial charge in [-0.05, 0) is 19.4 Å². The van der Waals surface area contributed by atoms with Gasteiger partial charge in [0.2, 0.25) is 0 Å². The second-order valence-corrected chi connectivity index (χ2v) is 5.61. The first kappa shape index (κ1) is 15.2. The zero-order valence-electron chi connectivity index (χ0n) is 12.3. The molecule has 1 aliphatic rings. The molecule has 1 aromatic rings. The number of cyclic esters (lactones) is 1. The maximum Gasteiger partial charge on any atom is 0.319 e. The van der Waals surface area contributed by atoms with Gasteiger partial charge in [-0.1, -0.05) is 30.3 Å². The van der Waals surface area contributed by atoms with Crippen molar-refractivity contribution in [3.05, 3.63) is 35.9 Å². The summed E-state index contributed by atoms with van der Waals surface area (Å²) in [6, 6.07) is 8.96. The fourth-order valence-corrected chi connectivity index (χ4v) is 2.45. The van der Waals surface area contributed by atoms with E-state index in [2.05, 4.69) is 4.74 Å². The molecule has 0 aromatic heterocycles. The number of ketones is 1. The molecule has 112 valence electrons. The molecule has 5 heteroatoms. The van der Waals surface area contributed by atoms with Crippen LogP contribution < -0.4 is 0 Å². The monoisotopic (exact) mass is 290 g/mol. The van der Waals surface area contributed by atoms with Crippen molar-refractivity contribution in [1.29, 1.82) is 0 Å². The maximum absolute atomic E-state index is 12.6. The van der Waals surface area contributed by atoms with Crippen molar-refractivity contribution >= 4 is 17.7 Å². The van der Waals surface area contributed by atoms with Crippen LogP contribution in [-0.2, 0) is 23.9 Å². The van der Waals surface area contributed by atoms with Crippen LogP contribution in [0.4, 0.5) is 0 Å². The number of hydrogen-bond donors (Lipinski definition) is 0. The summed E-state index contributed by atoms with van der Waals surface area (Å²) in [5.74, 6) is -2.09. The third-order valence-electron chi connectivity index (χ3n) is 3.80. The normalized spacial score (nSPS) is 24.3. The third kappa shape index (κ3) is 2.82. The average Bonchev–Trinajstić information content (AvgIpc) is 2.49. The molecular formula is C16H18O5. The summed E-state index contributed by atoms with van der Waals surface area (Å²) in [6.07, 6.45) is -0.857. The number of hydrogen-bond acceptors (Lipinski definition) is 5. The van der Waals surface area contributed by atoms with Gasteiger partial charge >= 0.3 is 11.9 Å². The Morgan fingerprint density at radius 3 is 2.43 bits per heavy atom. The van der Waals surface area contributed by atoms with E-state index in [9.17, 15) is 14.4 Å². The summed E-state index contributed by atoms with van der Waals surface area (Å²) < 4.78 is 10.1. The molecule has 0 amide bonds. The van der Waals surface area contributed by atoms with E-state index in [1.165, 1.54) is 21.0 Å². The lowest BCUT2D eigenvalue weighted by Crippen LogP contribution is -2.48. The zero-order valence-corrected chi connectivity index (χ0v) is 12.3. The van der Waals surface area contributed by atoms with Gasteiger partial charge in [-0.15, -0.1) is 0 Å². The number of benzene rings is 1. The van der Waals surface area contributed by atoms with Crippen LogP contribution in [0.1, 0.15) is 31.9 Å². The van der Waals surface area contributed by atoms with E-state index in [1.807, 2.05) is 6.07 Å². The number of rotatable bonds is 3. The number of ether oxygens (including phenoxy) is 2. The van der Waals surface area contributed by atoms with E-state index in [1.54, 1.807) is 24.3 Å². The largest absolute Gasteiger partial charge is 0.469 e. The Balaban J connectivity index is 2.39. The fraction of sp³-hybridized carbons (Fsp3) is 0.438. The van der Waals surface area contributed by atoms with Crippen molar-refractivity contribution in [2.45, 2.75) is 26.4 Å². The van der Waals surface area contributed by atoms with Crippen LogP contribution in [0.2, 0.25) is 0 Å². The molecule has 0 spiro atoms. The maximum atomic E-state index is 12.6. The number of carbonyl (C=O) groups excluding carboxylic acids is 3. The predicted molar refractivity (Wildman–Crippen MR) is 74.2 cm³/mol. The zero-order chi connectivity index (χ0) is 15.6. The van der Waals surface area contributed by atoms with Crippen molar-refractivity contribution in [2.24, 2.45) is 11.3 Å². The number of Topliss-reactive ketones (excluding diaryl/α,β-unsaturated/α-hetero) is 1. The van der Waals surface area contributed by atoms with Crippen LogP contribution in [0.15, 0.2) is 30.3 Å². The molecule has 1 saturated heterocycles. The molecule has 1 aromatic carbocycles. The van der Waals surface area contributed by atoms with Gasteiger partial charge in [-0.3, -0.25) is 14.4 Å². The lowest BCUT2D eigenvalue weighted by molar-refractivity contribution is -0.181. The molecule has 0 unspecified atom stereocenters. The van der Waals surface area contributed by atoms with Crippen LogP contribution in [0.25, 0.3) is 0 Å². The molecule has 2 rings (SSSR count). The summed E-state index contributed by atoms with van der Waals surface area (Å²) in [5.41, 5.74) is -0.548. The molecular weight excluding hydrogens is 272 g/mol. The van der Waals surface area contributed by atoms with E-state index in [-0.39, 0.29) is 12.2 Å². The van der Waals surface area contributed by atoms with Crippen LogP contribution in [0.5, 0.6) is 0 Å². The molecule has 0 N–H and O–H groups in total. The Kier molecular flexibility index (Phi) is 4.11. The predicted octanol–water partition coefficient (Wildman–Crippen LogP) is 2.06. The van der Waals surface area contributed by atoms with E-state index in [0.717, 1.165) is 0 Å². The molecule has 0 radical (unpaired) electrons. The standard InChI is InChI=1S/C16H18O5/c1-16(2)14(18)11(9-12(17)20-3)13(21-15(16)19)10-7-5-4-6-8-10/h4-8,11,13H,9H2,1-3H3/t11-,13+/m0/s1. The highest BCUT2D eigenvalue weighted by molar-refractivity contribution is 6.07. The van der Waals surface area contributed by atoms with Crippen molar-refractivity contribution in [3.63, 3.8) is 0 Å². The van der Waals surface area contributed by atoms with E-state index in [0.29, 0.717) is 5.56 Å². The third-order valence-corrected chi connectivity index (χ3v) is 3.80. The van der Waals surface area contributed by atoms with Gasteiger partial charge in [0.1, 0.15) is 11.5 Å². The summed E-state index contributed by atoms with van der Waals surface area (Å²) in [7, 11) is 1.27. The SMILES string of the molecule is COC(=O)C[C@@H]1C(=O)C(C)(C)C(=O)O[C@@H]1c1ccccc1. The van der Waals surface area contributed by atoms with Crippen molar-refractivity contribution in [1.82, 2.24) is 0 Å². The van der Waals surface area contributed by atoms with Crippen LogP contribution >= 0.6 is 0 Å². The molecule has 21 heavy (non-hydrogen) atoms. The van der Waals surface area contributed by atoms with Gasteiger partial charge in [0.25, 0.3) is 0 Å². The number of carbonyl (C=O) groups is 3. The molecule has 5 nitrogen and oxygen atoms in total. The van der Waals surface area contributed by atoms with E-state index in [4.69, 9.17) is 4.74 Å². The molecule has 0 aliphatic carbocycles. The van der Waals surface area contributed by atoms with Gasteiger partial charge in [0.15, 0.2) is 5.78 Å². The summed E-state index contributed by atoms with van der Waals surface area (Å²) in [4.78, 5) is 36.2. The highest BCUT2D eigenvalue weighted by Crippen LogP contribution is 2.41. The topological polar surface area (TPSA) is 69.7 Å². The highest BCUT2D eigenvalue weighted by atomic mass is 16.6. The Morgan fingerprint density at radius 1 is 1.24 bits per heavy atom. The number of methoxy groups -OCH3 is 1. The minimum absolute atomic E-state index is 0.106. The fourth-order valence-electron chi connectivity index (χ4n) is 2.45. The van der Waals surface area contributed by atoms with Crippen LogP contribution in [-0.4, -0.2) is 24.8 Å². The lowest BCUT2D eigenvalue weighted by Gasteiger charge is -2.37. The Bertz CT molecular complexity index is 561. The van der Waals surface area contributed by atoms with Gasteiger partial charge in [-0.25, -0.2) is 0 Å². The summed E-state index contributed by atoms with van der Waals surface area (Å²) >= 11 is 0.